The zero-order chi connectivity index (χ0) is 13.9. The summed E-state index contributed by atoms with van der Waals surface area (Å²) in [4.78, 5) is 8.62. The van der Waals surface area contributed by atoms with Crippen molar-refractivity contribution < 1.29 is 4.74 Å². The van der Waals surface area contributed by atoms with Crippen LogP contribution in [0.4, 0.5) is 0 Å². The van der Waals surface area contributed by atoms with E-state index in [1.54, 1.807) is 12.4 Å². The molecule has 3 aromatic rings. The van der Waals surface area contributed by atoms with Crippen molar-refractivity contribution in [2.24, 2.45) is 5.73 Å². The topological polar surface area (TPSA) is 61.0 Å². The Morgan fingerprint density at radius 3 is 2.65 bits per heavy atom. The average Bonchev–Trinajstić information content (AvgIpc) is 2.48. The van der Waals surface area contributed by atoms with Gasteiger partial charge in [0.05, 0.1) is 0 Å². The Labute approximate surface area is 117 Å². The van der Waals surface area contributed by atoms with Crippen LogP contribution in [-0.2, 0) is 0 Å². The van der Waals surface area contributed by atoms with Crippen LogP contribution in [0.3, 0.4) is 0 Å². The van der Waals surface area contributed by atoms with Gasteiger partial charge in [-0.15, -0.1) is 0 Å². The minimum absolute atomic E-state index is 0.0317. The second kappa shape index (κ2) is 5.27. The molecule has 0 radical (unpaired) electrons. The van der Waals surface area contributed by atoms with Crippen molar-refractivity contribution in [3.8, 4) is 11.6 Å². The molecule has 1 aromatic carbocycles. The van der Waals surface area contributed by atoms with E-state index in [2.05, 4.69) is 9.97 Å². The van der Waals surface area contributed by atoms with Gasteiger partial charge in [0.2, 0.25) is 5.88 Å². The molecule has 2 aromatic heterocycles. The van der Waals surface area contributed by atoms with Crippen LogP contribution in [0.2, 0.25) is 0 Å². The van der Waals surface area contributed by atoms with Crippen molar-refractivity contribution >= 4 is 10.9 Å². The van der Waals surface area contributed by atoms with Gasteiger partial charge in [0.25, 0.3) is 0 Å². The van der Waals surface area contributed by atoms with Gasteiger partial charge in [0.15, 0.2) is 5.75 Å². The molecule has 0 spiro atoms. The number of rotatable bonds is 3. The molecule has 0 aliphatic rings. The lowest BCUT2D eigenvalue weighted by atomic mass is 10.2. The molecule has 4 nitrogen and oxygen atoms in total. The third-order valence-electron chi connectivity index (χ3n) is 3.10. The van der Waals surface area contributed by atoms with Crippen molar-refractivity contribution in [1.82, 2.24) is 9.97 Å². The maximum atomic E-state index is 5.81. The third-order valence-corrected chi connectivity index (χ3v) is 3.10. The van der Waals surface area contributed by atoms with E-state index in [1.807, 2.05) is 49.4 Å². The molecule has 2 heterocycles. The van der Waals surface area contributed by atoms with E-state index in [4.69, 9.17) is 10.5 Å². The quantitative estimate of drug-likeness (QED) is 0.788. The fraction of sp³-hybridized carbons (Fsp3) is 0.125. The van der Waals surface area contributed by atoms with Crippen molar-refractivity contribution in [2.75, 3.05) is 0 Å². The van der Waals surface area contributed by atoms with Gasteiger partial charge < -0.3 is 10.5 Å². The molecule has 0 aliphatic carbocycles. The number of hydrogen-bond donors (Lipinski definition) is 1. The van der Waals surface area contributed by atoms with Gasteiger partial charge in [0.1, 0.15) is 5.52 Å². The lowest BCUT2D eigenvalue weighted by molar-refractivity contribution is 0.466. The minimum atomic E-state index is -0.0317. The van der Waals surface area contributed by atoms with Gasteiger partial charge >= 0.3 is 0 Å². The second-order valence-corrected chi connectivity index (χ2v) is 4.65. The summed E-state index contributed by atoms with van der Waals surface area (Å²) < 4.78 is 5.81. The lowest BCUT2D eigenvalue weighted by Gasteiger charge is -2.09. The Hall–Kier alpha value is -2.46. The third kappa shape index (κ3) is 2.46. The summed E-state index contributed by atoms with van der Waals surface area (Å²) in [5.41, 5.74) is 7.61. The Balaban J connectivity index is 1.93. The largest absolute Gasteiger partial charge is 0.437 e. The molecule has 0 aliphatic heterocycles. The van der Waals surface area contributed by atoms with E-state index in [1.165, 1.54) is 0 Å². The van der Waals surface area contributed by atoms with Gasteiger partial charge in [-0.25, -0.2) is 4.98 Å². The first-order chi connectivity index (χ1) is 9.74. The predicted octanol–water partition coefficient (Wildman–Crippen LogP) is 3.44. The first-order valence-corrected chi connectivity index (χ1v) is 6.47. The van der Waals surface area contributed by atoms with Crippen LogP contribution in [0.15, 0.2) is 54.9 Å². The molecular weight excluding hydrogens is 250 g/mol. The molecule has 100 valence electrons. The van der Waals surface area contributed by atoms with Crippen LogP contribution in [0.25, 0.3) is 10.9 Å². The molecule has 4 heteroatoms. The maximum Gasteiger partial charge on any atom is 0.219 e. The van der Waals surface area contributed by atoms with E-state index in [0.717, 1.165) is 16.5 Å². The highest BCUT2D eigenvalue weighted by molar-refractivity contribution is 5.84. The Kier molecular flexibility index (Phi) is 3.31. The van der Waals surface area contributed by atoms with Gasteiger partial charge in [-0.2, -0.15) is 0 Å². The van der Waals surface area contributed by atoms with Crippen LogP contribution < -0.4 is 10.5 Å². The number of benzene rings is 1. The highest BCUT2D eigenvalue weighted by Gasteiger charge is 2.06. The zero-order valence-corrected chi connectivity index (χ0v) is 11.2. The average molecular weight is 265 g/mol. The Morgan fingerprint density at radius 2 is 1.90 bits per heavy atom. The summed E-state index contributed by atoms with van der Waals surface area (Å²) in [6, 6.07) is 13.4. The number of nitrogens with two attached hydrogens (primary N) is 1. The van der Waals surface area contributed by atoms with Crippen LogP contribution in [0.5, 0.6) is 11.6 Å². The number of aromatic nitrogens is 2. The SMILES string of the molecule is C[C@H](N)c1ccc(Oc2cccc3cccnc23)nc1. The number of para-hydroxylation sites is 1. The van der Waals surface area contributed by atoms with Crippen molar-refractivity contribution in [3.05, 3.63) is 60.4 Å². The van der Waals surface area contributed by atoms with Crippen LogP contribution in [-0.4, -0.2) is 9.97 Å². The van der Waals surface area contributed by atoms with Gasteiger partial charge in [0, 0.05) is 29.9 Å². The smallest absolute Gasteiger partial charge is 0.219 e. The molecule has 1 atom stereocenters. The molecular formula is C16H15N3O. The van der Waals surface area contributed by atoms with Crippen LogP contribution >= 0.6 is 0 Å². The van der Waals surface area contributed by atoms with Gasteiger partial charge in [-0.1, -0.05) is 24.3 Å². The molecule has 0 amide bonds. The first-order valence-electron chi connectivity index (χ1n) is 6.47. The summed E-state index contributed by atoms with van der Waals surface area (Å²) in [6.45, 7) is 1.92. The summed E-state index contributed by atoms with van der Waals surface area (Å²) in [5, 5.41) is 1.04. The van der Waals surface area contributed by atoms with E-state index >= 15 is 0 Å². The van der Waals surface area contributed by atoms with Crippen LogP contribution in [0.1, 0.15) is 18.5 Å². The van der Waals surface area contributed by atoms with Gasteiger partial charge in [-0.05, 0) is 24.6 Å². The second-order valence-electron chi connectivity index (χ2n) is 4.65. The summed E-state index contributed by atoms with van der Waals surface area (Å²) >= 11 is 0. The normalized spacial score (nSPS) is 12.3. The van der Waals surface area contributed by atoms with Gasteiger partial charge in [-0.3, -0.25) is 4.98 Å². The molecule has 0 unspecified atom stereocenters. The summed E-state index contributed by atoms with van der Waals surface area (Å²) in [5.74, 6) is 1.23. The molecule has 2 N–H and O–H groups in total. The highest BCUT2D eigenvalue weighted by atomic mass is 16.5. The fourth-order valence-electron chi connectivity index (χ4n) is 1.99. The maximum absolute atomic E-state index is 5.81. The van der Waals surface area contributed by atoms with E-state index < -0.39 is 0 Å². The lowest BCUT2D eigenvalue weighted by Crippen LogP contribution is -2.05. The predicted molar refractivity (Wildman–Crippen MR) is 78.7 cm³/mol. The van der Waals surface area contributed by atoms with Crippen LogP contribution in [0, 0.1) is 0 Å². The zero-order valence-electron chi connectivity index (χ0n) is 11.2. The number of hydrogen-bond acceptors (Lipinski definition) is 4. The molecule has 0 saturated heterocycles. The van der Waals surface area contributed by atoms with Crippen molar-refractivity contribution in [3.63, 3.8) is 0 Å². The standard InChI is InChI=1S/C16H15N3O/c1-11(17)13-7-8-15(19-10-13)20-14-6-2-4-12-5-3-9-18-16(12)14/h2-11H,17H2,1H3/t11-/m0/s1. The fourth-order valence-corrected chi connectivity index (χ4v) is 1.99. The monoisotopic (exact) mass is 265 g/mol. The Morgan fingerprint density at radius 1 is 1.05 bits per heavy atom. The number of nitrogens with zero attached hydrogens (tertiary/aromatic N) is 2. The summed E-state index contributed by atoms with van der Waals surface area (Å²) in [6.07, 6.45) is 3.49. The van der Waals surface area contributed by atoms with Crippen molar-refractivity contribution in [2.45, 2.75) is 13.0 Å². The van der Waals surface area contributed by atoms with E-state index in [-0.39, 0.29) is 6.04 Å². The molecule has 0 fully saturated rings. The number of fused-ring (bicyclic) bond motifs is 1. The molecule has 0 bridgehead atoms. The summed E-state index contributed by atoms with van der Waals surface area (Å²) in [7, 11) is 0. The highest BCUT2D eigenvalue weighted by Crippen LogP contribution is 2.27. The number of ether oxygens (including phenoxy) is 1. The number of pyridine rings is 2. The molecule has 20 heavy (non-hydrogen) atoms. The molecule has 0 saturated carbocycles. The Bertz CT molecular complexity index is 718. The van der Waals surface area contributed by atoms with E-state index in [9.17, 15) is 0 Å². The molecule has 3 rings (SSSR count). The van der Waals surface area contributed by atoms with E-state index in [0.29, 0.717) is 11.6 Å². The minimum Gasteiger partial charge on any atom is -0.437 e. The first kappa shape index (κ1) is 12.6. The van der Waals surface area contributed by atoms with Crippen molar-refractivity contribution in [1.29, 1.82) is 0 Å².